The first-order valence-corrected chi connectivity index (χ1v) is 8.22. The molecule has 3 rings (SSSR count). The molecule has 2 fully saturated rings. The van der Waals surface area contributed by atoms with Crippen molar-refractivity contribution in [3.8, 4) is 0 Å². The number of hydrogen-bond acceptors (Lipinski definition) is 1. The fraction of sp³-hybridized carbons (Fsp3) is 0.647. The van der Waals surface area contributed by atoms with Crippen LogP contribution in [0.15, 0.2) is 18.2 Å². The molecule has 0 spiro atoms. The second-order valence-corrected chi connectivity index (χ2v) is 6.56. The van der Waals surface area contributed by atoms with Crippen LogP contribution in [-0.2, 0) is 5.88 Å². The second kappa shape index (κ2) is 5.75. The highest BCUT2D eigenvalue weighted by atomic mass is 35.5. The van der Waals surface area contributed by atoms with Crippen molar-refractivity contribution in [3.05, 3.63) is 29.3 Å². The number of rotatable bonds is 2. The van der Waals surface area contributed by atoms with Crippen molar-refractivity contribution in [2.24, 2.45) is 11.8 Å². The molecule has 2 aliphatic rings. The third-order valence-electron chi connectivity index (χ3n) is 5.05. The third-order valence-corrected chi connectivity index (χ3v) is 5.36. The fourth-order valence-electron chi connectivity index (χ4n) is 3.98. The molecule has 1 heterocycles. The van der Waals surface area contributed by atoms with E-state index < -0.39 is 0 Å². The predicted molar refractivity (Wildman–Crippen MR) is 83.0 cm³/mol. The number of alkyl halides is 1. The topological polar surface area (TPSA) is 3.24 Å². The van der Waals surface area contributed by atoms with Gasteiger partial charge in [0.2, 0.25) is 0 Å². The number of nitrogens with zero attached hydrogens (tertiary/aromatic N) is 1. The molecular formula is C17H24ClN. The van der Waals surface area contributed by atoms with E-state index in [1.807, 2.05) is 0 Å². The standard InChI is InChI=1S/C17H24ClN/c1-13-10-14(11-18)6-7-17(13)19-9-8-15-4-2-3-5-16(15)12-19/h6-7,10,15-16H,2-5,8-9,11-12H2,1H3. The van der Waals surface area contributed by atoms with Crippen LogP contribution in [0.3, 0.4) is 0 Å². The normalized spacial score (nSPS) is 27.2. The molecule has 2 unspecified atom stereocenters. The highest BCUT2D eigenvalue weighted by Gasteiger charge is 2.31. The van der Waals surface area contributed by atoms with Gasteiger partial charge >= 0.3 is 0 Å². The Bertz CT molecular complexity index is 443. The average molecular weight is 278 g/mol. The van der Waals surface area contributed by atoms with Gasteiger partial charge in [-0.1, -0.05) is 31.4 Å². The number of benzene rings is 1. The van der Waals surface area contributed by atoms with Crippen LogP contribution >= 0.6 is 11.6 Å². The van der Waals surface area contributed by atoms with E-state index in [0.29, 0.717) is 5.88 Å². The van der Waals surface area contributed by atoms with Crippen molar-refractivity contribution in [1.29, 1.82) is 0 Å². The first-order chi connectivity index (χ1) is 9.28. The zero-order valence-corrected chi connectivity index (χ0v) is 12.6. The van der Waals surface area contributed by atoms with Crippen LogP contribution in [-0.4, -0.2) is 13.1 Å². The molecular weight excluding hydrogens is 254 g/mol. The molecule has 1 aromatic carbocycles. The number of fused-ring (bicyclic) bond motifs is 1. The summed E-state index contributed by atoms with van der Waals surface area (Å²) in [5.41, 5.74) is 4.04. The molecule has 0 bridgehead atoms. The van der Waals surface area contributed by atoms with E-state index in [4.69, 9.17) is 11.6 Å². The minimum absolute atomic E-state index is 0.617. The Balaban J connectivity index is 1.75. The highest BCUT2D eigenvalue weighted by Crippen LogP contribution is 2.38. The molecule has 1 saturated heterocycles. The molecule has 0 aromatic heterocycles. The lowest BCUT2D eigenvalue weighted by molar-refractivity contribution is 0.202. The van der Waals surface area contributed by atoms with Crippen LogP contribution in [0.4, 0.5) is 5.69 Å². The van der Waals surface area contributed by atoms with Crippen LogP contribution in [0.2, 0.25) is 0 Å². The summed E-state index contributed by atoms with van der Waals surface area (Å²) in [5.74, 6) is 2.56. The van der Waals surface area contributed by atoms with Gasteiger partial charge in [-0.2, -0.15) is 0 Å². The van der Waals surface area contributed by atoms with E-state index in [0.717, 1.165) is 11.8 Å². The molecule has 0 amide bonds. The van der Waals surface area contributed by atoms with Crippen LogP contribution < -0.4 is 4.90 Å². The van der Waals surface area contributed by atoms with Gasteiger partial charge in [0.25, 0.3) is 0 Å². The Morgan fingerprint density at radius 2 is 1.95 bits per heavy atom. The number of halogens is 1. The molecule has 1 aromatic rings. The van der Waals surface area contributed by atoms with Crippen molar-refractivity contribution in [2.75, 3.05) is 18.0 Å². The first-order valence-electron chi connectivity index (χ1n) is 7.68. The summed E-state index contributed by atoms with van der Waals surface area (Å²) >= 11 is 5.91. The van der Waals surface area contributed by atoms with Crippen molar-refractivity contribution in [2.45, 2.75) is 44.9 Å². The van der Waals surface area contributed by atoms with Gasteiger partial charge in [-0.15, -0.1) is 11.6 Å². The lowest BCUT2D eigenvalue weighted by Gasteiger charge is -2.42. The van der Waals surface area contributed by atoms with Gasteiger partial charge < -0.3 is 4.90 Å². The number of hydrogen-bond donors (Lipinski definition) is 0. The maximum Gasteiger partial charge on any atom is 0.0474 e. The van der Waals surface area contributed by atoms with E-state index in [-0.39, 0.29) is 0 Å². The SMILES string of the molecule is Cc1cc(CCl)ccc1N1CCC2CCCCC2C1. The smallest absolute Gasteiger partial charge is 0.0474 e. The van der Waals surface area contributed by atoms with Gasteiger partial charge in [0, 0.05) is 24.7 Å². The largest absolute Gasteiger partial charge is 0.371 e. The Morgan fingerprint density at radius 3 is 2.68 bits per heavy atom. The lowest BCUT2D eigenvalue weighted by atomic mass is 9.75. The van der Waals surface area contributed by atoms with Crippen LogP contribution in [0.5, 0.6) is 0 Å². The van der Waals surface area contributed by atoms with E-state index in [1.165, 1.54) is 62.0 Å². The second-order valence-electron chi connectivity index (χ2n) is 6.29. The van der Waals surface area contributed by atoms with Gasteiger partial charge in [-0.05, 0) is 48.8 Å². The maximum atomic E-state index is 5.91. The van der Waals surface area contributed by atoms with E-state index in [2.05, 4.69) is 30.0 Å². The molecule has 2 heteroatoms. The summed E-state index contributed by atoms with van der Waals surface area (Å²) in [6.45, 7) is 4.73. The summed E-state index contributed by atoms with van der Waals surface area (Å²) in [6, 6.07) is 6.70. The third kappa shape index (κ3) is 2.76. The van der Waals surface area contributed by atoms with Gasteiger partial charge in [0.15, 0.2) is 0 Å². The molecule has 19 heavy (non-hydrogen) atoms. The van der Waals surface area contributed by atoms with Crippen molar-refractivity contribution in [3.63, 3.8) is 0 Å². The molecule has 1 saturated carbocycles. The van der Waals surface area contributed by atoms with Gasteiger partial charge in [-0.25, -0.2) is 0 Å². The molecule has 1 nitrogen and oxygen atoms in total. The zero-order chi connectivity index (χ0) is 13.2. The lowest BCUT2D eigenvalue weighted by Crippen LogP contribution is -2.42. The van der Waals surface area contributed by atoms with Crippen LogP contribution in [0.1, 0.15) is 43.2 Å². The highest BCUT2D eigenvalue weighted by molar-refractivity contribution is 6.17. The van der Waals surface area contributed by atoms with Crippen molar-refractivity contribution < 1.29 is 0 Å². The summed E-state index contributed by atoms with van der Waals surface area (Å²) in [5, 5.41) is 0. The molecule has 0 radical (unpaired) electrons. The summed E-state index contributed by atoms with van der Waals surface area (Å²) < 4.78 is 0. The monoisotopic (exact) mass is 277 g/mol. The summed E-state index contributed by atoms with van der Waals surface area (Å²) in [4.78, 5) is 2.61. The Kier molecular flexibility index (Phi) is 4.02. The van der Waals surface area contributed by atoms with E-state index >= 15 is 0 Å². The molecule has 1 aliphatic heterocycles. The van der Waals surface area contributed by atoms with Crippen molar-refractivity contribution >= 4 is 17.3 Å². The van der Waals surface area contributed by atoms with Gasteiger partial charge in [0.1, 0.15) is 0 Å². The van der Waals surface area contributed by atoms with Gasteiger partial charge in [-0.3, -0.25) is 0 Å². The van der Waals surface area contributed by atoms with Crippen molar-refractivity contribution in [1.82, 2.24) is 0 Å². The first kappa shape index (κ1) is 13.3. The summed E-state index contributed by atoms with van der Waals surface area (Å²) in [6.07, 6.45) is 7.22. The van der Waals surface area contributed by atoms with Crippen LogP contribution in [0, 0.1) is 18.8 Å². The Labute approximate surface area is 121 Å². The van der Waals surface area contributed by atoms with Gasteiger partial charge in [0.05, 0.1) is 0 Å². The van der Waals surface area contributed by atoms with E-state index in [1.54, 1.807) is 0 Å². The van der Waals surface area contributed by atoms with E-state index in [9.17, 15) is 0 Å². The summed E-state index contributed by atoms with van der Waals surface area (Å²) in [7, 11) is 0. The average Bonchev–Trinajstić information content (AvgIpc) is 2.46. The molecule has 104 valence electrons. The molecule has 2 atom stereocenters. The zero-order valence-electron chi connectivity index (χ0n) is 11.9. The molecule has 0 N–H and O–H groups in total. The minimum atomic E-state index is 0.617. The fourth-order valence-corrected chi connectivity index (χ4v) is 4.14. The quantitative estimate of drug-likeness (QED) is 0.705. The maximum absolute atomic E-state index is 5.91. The predicted octanol–water partition coefficient (Wildman–Crippen LogP) is 4.75. The van der Waals surface area contributed by atoms with Crippen LogP contribution in [0.25, 0.3) is 0 Å². The Morgan fingerprint density at radius 1 is 1.16 bits per heavy atom. The number of anilines is 1. The molecule has 1 aliphatic carbocycles. The Hall–Kier alpha value is -0.690. The number of piperidine rings is 1. The minimum Gasteiger partial charge on any atom is -0.371 e. The number of aryl methyl sites for hydroxylation is 1.